The van der Waals surface area contributed by atoms with Crippen LogP contribution in [0.2, 0.25) is 0 Å². The molecular weight excluding hydrogens is 440 g/mol. The van der Waals surface area contributed by atoms with Crippen LogP contribution in [0.5, 0.6) is 0 Å². The van der Waals surface area contributed by atoms with Gasteiger partial charge in [-0.3, -0.25) is 4.79 Å². The highest BCUT2D eigenvalue weighted by molar-refractivity contribution is 5.96. The van der Waals surface area contributed by atoms with Gasteiger partial charge >= 0.3 is 5.97 Å². The number of esters is 1. The van der Waals surface area contributed by atoms with Crippen LogP contribution in [-0.4, -0.2) is 62.1 Å². The third kappa shape index (κ3) is 7.50. The van der Waals surface area contributed by atoms with E-state index in [1.54, 1.807) is 38.4 Å². The summed E-state index contributed by atoms with van der Waals surface area (Å²) in [5.41, 5.74) is 0.825. The molecule has 1 aromatic rings. The Morgan fingerprint density at radius 1 is 1.12 bits per heavy atom. The normalized spacial score (nSPS) is 25.8. The number of nitrogens with zero attached hydrogens (tertiary/aromatic N) is 2. The number of hydrogen-bond donors (Lipinski definition) is 1. The largest absolute Gasteiger partial charge is 0.432 e. The number of aliphatic hydroxyl groups is 1. The summed E-state index contributed by atoms with van der Waals surface area (Å²) in [6.45, 7) is 4.82. The Morgan fingerprint density at radius 3 is 2.32 bits per heavy atom. The van der Waals surface area contributed by atoms with Gasteiger partial charge in [-0.25, -0.2) is 4.79 Å². The first-order valence-electron chi connectivity index (χ1n) is 11.9. The van der Waals surface area contributed by atoms with Gasteiger partial charge in [-0.2, -0.15) is 0 Å². The first-order valence-corrected chi connectivity index (χ1v) is 11.9. The minimum absolute atomic E-state index is 0.129. The second-order valence-electron chi connectivity index (χ2n) is 9.43. The van der Waals surface area contributed by atoms with Crippen LogP contribution in [0.15, 0.2) is 29.6 Å². The van der Waals surface area contributed by atoms with Crippen molar-refractivity contribution in [1.82, 2.24) is 4.90 Å². The first kappa shape index (κ1) is 27.7. The van der Waals surface area contributed by atoms with E-state index < -0.39 is 12.3 Å². The number of benzene rings is 1. The van der Waals surface area contributed by atoms with Crippen molar-refractivity contribution >= 4 is 11.9 Å². The molecule has 1 aliphatic heterocycles. The number of carbonyl (C=O) groups is 2. The second-order valence-corrected chi connectivity index (χ2v) is 9.43. The predicted octanol–water partition coefficient (Wildman–Crippen LogP) is 4.05. The quantitative estimate of drug-likeness (QED) is 0.284. The van der Waals surface area contributed by atoms with E-state index in [1.165, 1.54) is 24.9 Å². The zero-order valence-electron chi connectivity index (χ0n) is 20.8. The van der Waals surface area contributed by atoms with Gasteiger partial charge in [0, 0.05) is 25.6 Å². The highest BCUT2D eigenvalue weighted by atomic mass is 16.7. The Balaban J connectivity index is 0.000000945. The number of fused-ring (bicyclic) bond motifs is 1. The lowest BCUT2D eigenvalue weighted by Gasteiger charge is -2.41. The molecule has 0 spiro atoms. The molecule has 2 unspecified atom stereocenters. The molecule has 2 fully saturated rings. The predicted molar refractivity (Wildman–Crippen MR) is 127 cm³/mol. The number of rotatable bonds is 6. The smallest absolute Gasteiger partial charge is 0.340 e. The Kier molecular flexibility index (Phi) is 10.9. The van der Waals surface area contributed by atoms with Crippen LogP contribution < -0.4 is 0 Å². The minimum Gasteiger partial charge on any atom is -0.432 e. The molecule has 34 heavy (non-hydrogen) atoms. The van der Waals surface area contributed by atoms with E-state index in [1.807, 2.05) is 12.3 Å². The van der Waals surface area contributed by atoms with Crippen molar-refractivity contribution in [3.05, 3.63) is 40.3 Å². The van der Waals surface area contributed by atoms with Gasteiger partial charge in [-0.05, 0) is 68.2 Å². The SMILES string of the molecule is CC1CC[C@H]2CCC[C@@H]([C@@H](C)[C@H](O)OC(=O)c3ccc(C(=O)N(C)C)cc3)C2CO1.CON=O. The van der Waals surface area contributed by atoms with E-state index >= 15 is 0 Å². The Hall–Kier alpha value is -2.52. The third-order valence-corrected chi connectivity index (χ3v) is 6.99. The minimum atomic E-state index is -1.16. The number of hydrogen-bond acceptors (Lipinski definition) is 8. The molecule has 1 aromatic carbocycles. The van der Waals surface area contributed by atoms with Crippen LogP contribution in [0, 0.1) is 28.6 Å². The molecule has 1 amide bonds. The van der Waals surface area contributed by atoms with Crippen LogP contribution in [0.3, 0.4) is 0 Å². The molecule has 1 heterocycles. The molecular formula is C25H38N2O7. The fourth-order valence-electron chi connectivity index (χ4n) is 4.98. The van der Waals surface area contributed by atoms with Crippen molar-refractivity contribution in [2.45, 2.75) is 58.3 Å². The number of aliphatic hydroxyl groups excluding tert-OH is 1. The maximum atomic E-state index is 12.5. The van der Waals surface area contributed by atoms with Gasteiger partial charge in [0.1, 0.15) is 7.11 Å². The van der Waals surface area contributed by atoms with Crippen molar-refractivity contribution < 1.29 is 29.0 Å². The number of carbonyl (C=O) groups excluding carboxylic acids is 2. The monoisotopic (exact) mass is 478 g/mol. The lowest BCUT2D eigenvalue weighted by Crippen LogP contribution is -2.40. The van der Waals surface area contributed by atoms with Crippen molar-refractivity contribution in [2.24, 2.45) is 29.0 Å². The standard InChI is InChI=1S/C24H35NO5.CH3NO2/c1-15-8-9-17-6-5-7-20(21(17)14-29-15)16(2)23(27)30-24(28)19-12-10-18(11-13-19)22(26)25(3)4;1-4-2-3/h10-13,15-17,20-21,23,27H,5-9,14H2,1-4H3;1H3/t15?,16-,17-,20+,21?,23-;/m1./s1. The summed E-state index contributed by atoms with van der Waals surface area (Å²) in [5, 5.41) is 12.7. The number of amides is 1. The zero-order valence-corrected chi connectivity index (χ0v) is 20.8. The summed E-state index contributed by atoms with van der Waals surface area (Å²) in [5.74, 6) is 0.446. The lowest BCUT2D eigenvalue weighted by molar-refractivity contribution is -0.124. The maximum Gasteiger partial charge on any atom is 0.340 e. The topological polar surface area (TPSA) is 115 Å². The average molecular weight is 479 g/mol. The van der Waals surface area contributed by atoms with E-state index in [0.717, 1.165) is 25.9 Å². The molecule has 9 heteroatoms. The van der Waals surface area contributed by atoms with Gasteiger partial charge < -0.3 is 24.3 Å². The molecule has 6 atom stereocenters. The summed E-state index contributed by atoms with van der Waals surface area (Å²) in [4.78, 5) is 38.3. The van der Waals surface area contributed by atoms with E-state index in [2.05, 4.69) is 11.8 Å². The Bertz CT molecular complexity index is 799. The first-order chi connectivity index (χ1) is 16.2. The molecule has 1 saturated carbocycles. The van der Waals surface area contributed by atoms with Crippen molar-refractivity contribution in [2.75, 3.05) is 27.8 Å². The average Bonchev–Trinajstić information content (AvgIpc) is 3.04. The van der Waals surface area contributed by atoms with Crippen LogP contribution in [0.1, 0.15) is 66.7 Å². The van der Waals surface area contributed by atoms with Gasteiger partial charge in [0.05, 0.1) is 18.3 Å². The molecule has 1 aliphatic carbocycles. The van der Waals surface area contributed by atoms with Gasteiger partial charge in [0.15, 0.2) is 5.34 Å². The van der Waals surface area contributed by atoms with E-state index in [0.29, 0.717) is 23.0 Å². The van der Waals surface area contributed by atoms with Gasteiger partial charge in [-0.15, -0.1) is 4.91 Å². The molecule has 2 aliphatic rings. The molecule has 9 nitrogen and oxygen atoms in total. The summed E-state index contributed by atoms with van der Waals surface area (Å²) < 4.78 is 11.4. The zero-order chi connectivity index (χ0) is 25.3. The molecule has 0 aromatic heterocycles. The van der Waals surface area contributed by atoms with Crippen LogP contribution in [0.25, 0.3) is 0 Å². The molecule has 1 saturated heterocycles. The fourth-order valence-corrected chi connectivity index (χ4v) is 4.98. The lowest BCUT2D eigenvalue weighted by atomic mass is 9.66. The van der Waals surface area contributed by atoms with Crippen LogP contribution in [0.4, 0.5) is 0 Å². The molecule has 3 rings (SSSR count). The van der Waals surface area contributed by atoms with Gasteiger partial charge in [0.2, 0.25) is 6.29 Å². The van der Waals surface area contributed by atoms with Crippen LogP contribution >= 0.6 is 0 Å². The summed E-state index contributed by atoms with van der Waals surface area (Å²) in [7, 11) is 4.56. The molecule has 190 valence electrons. The third-order valence-electron chi connectivity index (χ3n) is 6.99. The van der Waals surface area contributed by atoms with Crippen molar-refractivity contribution in [3.8, 4) is 0 Å². The summed E-state index contributed by atoms with van der Waals surface area (Å²) in [6, 6.07) is 6.33. The summed E-state index contributed by atoms with van der Waals surface area (Å²) in [6.07, 6.45) is 4.77. The molecule has 0 bridgehead atoms. The molecule has 0 radical (unpaired) electrons. The van der Waals surface area contributed by atoms with E-state index in [4.69, 9.17) is 14.4 Å². The fraction of sp³-hybridized carbons (Fsp3) is 0.680. The Morgan fingerprint density at radius 2 is 1.74 bits per heavy atom. The van der Waals surface area contributed by atoms with Crippen molar-refractivity contribution in [3.63, 3.8) is 0 Å². The second kappa shape index (κ2) is 13.4. The van der Waals surface area contributed by atoms with Crippen molar-refractivity contribution in [1.29, 1.82) is 0 Å². The number of ether oxygens (including phenoxy) is 2. The van der Waals surface area contributed by atoms with Gasteiger partial charge in [-0.1, -0.05) is 19.8 Å². The Labute approximate surface area is 201 Å². The van der Waals surface area contributed by atoms with Gasteiger partial charge in [0.25, 0.3) is 5.91 Å². The summed E-state index contributed by atoms with van der Waals surface area (Å²) >= 11 is 0. The maximum absolute atomic E-state index is 12.5. The highest BCUT2D eigenvalue weighted by Gasteiger charge is 2.40. The highest BCUT2D eigenvalue weighted by Crippen LogP contribution is 2.44. The van der Waals surface area contributed by atoms with E-state index in [9.17, 15) is 14.7 Å². The van der Waals surface area contributed by atoms with E-state index in [-0.39, 0.29) is 23.8 Å². The molecule has 1 N–H and O–H groups in total. The van der Waals surface area contributed by atoms with Crippen LogP contribution in [-0.2, 0) is 14.3 Å².